The number of Topliss-reactive ketones (excluding diaryl/α,β-unsaturated/α-hetero) is 2. The first-order chi connectivity index (χ1) is 31.0. The lowest BCUT2D eigenvalue weighted by Crippen LogP contribution is -2.26. The maximum absolute atomic E-state index is 14.3. The van der Waals surface area contributed by atoms with E-state index in [2.05, 4.69) is 0 Å². The van der Waals surface area contributed by atoms with Crippen LogP contribution in [-0.4, -0.2) is 63.7 Å². The molecule has 0 aromatic heterocycles. The van der Waals surface area contributed by atoms with Gasteiger partial charge in [-0.1, -0.05) is 156 Å². The van der Waals surface area contributed by atoms with Gasteiger partial charge in [-0.2, -0.15) is 0 Å². The summed E-state index contributed by atoms with van der Waals surface area (Å²) in [6.07, 6.45) is 7.26. The Kier molecular flexibility index (Phi) is 13.8. The molecule has 2 atom stereocenters. The smallest absolute Gasteiger partial charge is 0.193 e. The molecule has 0 amide bonds. The predicted octanol–water partition coefficient (Wildman–Crippen LogP) is 11.9. The molecule has 0 spiro atoms. The van der Waals surface area contributed by atoms with Gasteiger partial charge in [0.1, 0.15) is 0 Å². The number of allylic oxidation sites excluding steroid dienone is 4. The molecule has 0 aliphatic carbocycles. The van der Waals surface area contributed by atoms with Crippen molar-refractivity contribution in [1.29, 1.82) is 0 Å². The van der Waals surface area contributed by atoms with Crippen LogP contribution in [0.15, 0.2) is 182 Å². The van der Waals surface area contributed by atoms with Gasteiger partial charge < -0.3 is 20.0 Å². The average Bonchev–Trinajstić information content (AvgIpc) is 3.33. The second-order valence-corrected chi connectivity index (χ2v) is 17.0. The number of hydrogen-bond acceptors (Lipinski definition) is 7. The quantitative estimate of drug-likeness (QED) is 0.105. The average molecular weight is 927 g/mol. The summed E-state index contributed by atoms with van der Waals surface area (Å²) < 4.78 is 0. The fraction of sp³-hybridized carbons (Fsp3) is 0.113. The monoisotopic (exact) mass is 924 g/mol. The zero-order valence-electron chi connectivity index (χ0n) is 34.2. The van der Waals surface area contributed by atoms with E-state index in [1.165, 1.54) is 0 Å². The van der Waals surface area contributed by atoms with Gasteiger partial charge in [0, 0.05) is 103 Å². The zero-order chi connectivity index (χ0) is 44.9. The fourth-order valence-electron chi connectivity index (χ4n) is 8.22. The van der Waals surface area contributed by atoms with Gasteiger partial charge in [0.15, 0.2) is 17.3 Å². The third-order valence-electron chi connectivity index (χ3n) is 11.3. The van der Waals surface area contributed by atoms with Gasteiger partial charge in [-0.05, 0) is 69.8 Å². The van der Waals surface area contributed by atoms with Gasteiger partial charge in [-0.3, -0.25) is 14.4 Å². The molecule has 0 saturated heterocycles. The van der Waals surface area contributed by atoms with Crippen LogP contribution >= 0.6 is 46.4 Å². The van der Waals surface area contributed by atoms with Crippen molar-refractivity contribution >= 4 is 74.9 Å². The van der Waals surface area contributed by atoms with Gasteiger partial charge in [-0.25, -0.2) is 0 Å². The lowest BCUT2D eigenvalue weighted by atomic mass is 9.77. The van der Waals surface area contributed by atoms with E-state index < -0.39 is 11.8 Å². The zero-order valence-corrected chi connectivity index (χ0v) is 37.2. The summed E-state index contributed by atoms with van der Waals surface area (Å²) in [5.41, 5.74) is 6.96. The van der Waals surface area contributed by atoms with Crippen molar-refractivity contribution in [1.82, 2.24) is 9.80 Å². The molecule has 11 heteroatoms. The summed E-state index contributed by atoms with van der Waals surface area (Å²) in [4.78, 5) is 46.2. The molecule has 0 fully saturated rings. The van der Waals surface area contributed by atoms with E-state index in [9.17, 15) is 24.6 Å². The molecule has 2 aliphatic heterocycles. The van der Waals surface area contributed by atoms with Crippen LogP contribution in [0.4, 0.5) is 0 Å². The van der Waals surface area contributed by atoms with Crippen LogP contribution in [0.2, 0.25) is 20.1 Å². The van der Waals surface area contributed by atoms with Crippen LogP contribution in [-0.2, 0) is 0 Å². The minimum absolute atomic E-state index is 0.154. The summed E-state index contributed by atoms with van der Waals surface area (Å²) in [7, 11) is 0. The minimum atomic E-state index is -0.630. The number of benzene rings is 6. The Morgan fingerprint density at radius 3 is 1.16 bits per heavy atom. The topological polar surface area (TPSA) is 98.2 Å². The molecule has 7 nitrogen and oxygen atoms in total. The summed E-state index contributed by atoms with van der Waals surface area (Å²) in [6, 6.07) is 42.6. The van der Waals surface area contributed by atoms with Crippen LogP contribution in [0.5, 0.6) is 0 Å². The maximum Gasteiger partial charge on any atom is 0.193 e. The van der Waals surface area contributed by atoms with Gasteiger partial charge in [-0.15, -0.1) is 0 Å². The van der Waals surface area contributed by atoms with Crippen LogP contribution in [0.25, 0.3) is 11.1 Å². The summed E-state index contributed by atoms with van der Waals surface area (Å²) >= 11 is 26.7. The molecule has 0 radical (unpaired) electrons. The number of hydrogen-bond donors (Lipinski definition) is 2. The highest BCUT2D eigenvalue weighted by Crippen LogP contribution is 2.47. The van der Waals surface area contributed by atoms with E-state index in [1.807, 2.05) is 48.8 Å². The Hall–Kier alpha value is -6.03. The number of ketones is 3. The Balaban J connectivity index is 1.13. The lowest BCUT2D eigenvalue weighted by molar-refractivity contribution is 0.101. The molecule has 2 aliphatic rings. The Morgan fingerprint density at radius 1 is 0.438 bits per heavy atom. The number of carbonyl (C=O) groups excluding carboxylic acids is 3. The van der Waals surface area contributed by atoms with E-state index in [4.69, 9.17) is 46.4 Å². The lowest BCUT2D eigenvalue weighted by Gasteiger charge is -2.32. The molecule has 2 heterocycles. The molecule has 6 aromatic rings. The number of halogens is 4. The van der Waals surface area contributed by atoms with Crippen molar-refractivity contribution in [2.45, 2.75) is 11.8 Å². The van der Waals surface area contributed by atoms with Crippen LogP contribution in [0.3, 0.4) is 0 Å². The Morgan fingerprint density at radius 2 is 0.797 bits per heavy atom. The number of β-amino-alcohol motifs (C(OH)–C–C–N with tert-alkyl or cyclic N) is 2. The normalized spacial score (nSPS) is 16.1. The van der Waals surface area contributed by atoms with E-state index in [0.29, 0.717) is 64.6 Å². The van der Waals surface area contributed by atoms with E-state index in [-0.39, 0.29) is 43.7 Å². The van der Waals surface area contributed by atoms with Gasteiger partial charge in [0.05, 0.1) is 13.2 Å². The van der Waals surface area contributed by atoms with Gasteiger partial charge in [0.25, 0.3) is 0 Å². The fourth-order valence-corrected chi connectivity index (χ4v) is 9.04. The second-order valence-electron chi connectivity index (χ2n) is 15.3. The Bertz CT molecular complexity index is 2660. The molecule has 64 heavy (non-hydrogen) atoms. The molecule has 6 aromatic carbocycles. The number of carbonyl (C=O) groups is 3. The van der Waals surface area contributed by atoms with Gasteiger partial charge in [0.2, 0.25) is 0 Å². The summed E-state index contributed by atoms with van der Waals surface area (Å²) in [6.45, 7) is 0.168. The van der Waals surface area contributed by atoms with Crippen LogP contribution < -0.4 is 0 Å². The molecular formula is C53H40Cl4N2O5. The largest absolute Gasteiger partial charge is 0.395 e. The summed E-state index contributed by atoms with van der Waals surface area (Å²) in [5.74, 6) is -1.88. The standard InChI is InChI=1S/C53H40Cl4N2O5/c54-39-19-21-47(56)41(27-39)49-43(29-58(23-25-60)31-45(49)52(63)35-7-3-1-4-8-35)33-11-15-37(16-12-33)51(62)38-17-13-34(14-18-38)44-30-59(24-26-61)32-46(53(64)36-9-5-2-6-10-36)50(44)42-28-40(55)20-22-48(42)57/h1-22,27-32,49-50,60-61H,23-26H2. The third-order valence-corrected chi connectivity index (χ3v) is 12.4. The molecule has 2 unspecified atom stereocenters. The van der Waals surface area contributed by atoms with Crippen molar-refractivity contribution in [2.24, 2.45) is 0 Å². The number of nitrogens with zero attached hydrogens (tertiary/aromatic N) is 2. The maximum atomic E-state index is 14.3. The van der Waals surface area contributed by atoms with Crippen molar-refractivity contribution < 1.29 is 24.6 Å². The summed E-state index contributed by atoms with van der Waals surface area (Å²) in [5, 5.41) is 21.7. The Labute approximate surface area is 391 Å². The number of rotatable bonds is 14. The number of aliphatic hydroxyl groups is 2. The molecular weight excluding hydrogens is 886 g/mol. The molecule has 0 bridgehead atoms. The van der Waals surface area contributed by atoms with Crippen molar-refractivity contribution in [3.05, 3.63) is 246 Å². The second kappa shape index (κ2) is 19.8. The highest BCUT2D eigenvalue weighted by atomic mass is 35.5. The molecule has 2 N–H and O–H groups in total. The molecule has 0 saturated carbocycles. The predicted molar refractivity (Wildman–Crippen MR) is 256 cm³/mol. The van der Waals surface area contributed by atoms with Gasteiger partial charge >= 0.3 is 0 Å². The van der Waals surface area contributed by atoms with Crippen LogP contribution in [0.1, 0.15) is 70.7 Å². The van der Waals surface area contributed by atoms with Crippen LogP contribution in [0, 0.1) is 0 Å². The van der Waals surface area contributed by atoms with Crippen molar-refractivity contribution in [3.63, 3.8) is 0 Å². The van der Waals surface area contributed by atoms with E-state index in [0.717, 1.165) is 22.3 Å². The number of aliphatic hydroxyl groups excluding tert-OH is 2. The van der Waals surface area contributed by atoms with E-state index >= 15 is 0 Å². The molecule has 320 valence electrons. The third kappa shape index (κ3) is 9.42. The van der Waals surface area contributed by atoms with Crippen molar-refractivity contribution in [3.8, 4) is 0 Å². The first kappa shape index (κ1) is 44.6. The molecule has 8 rings (SSSR count). The minimum Gasteiger partial charge on any atom is -0.395 e. The highest BCUT2D eigenvalue weighted by Gasteiger charge is 2.35. The highest BCUT2D eigenvalue weighted by molar-refractivity contribution is 6.34. The van der Waals surface area contributed by atoms with E-state index in [1.54, 1.807) is 131 Å². The SMILES string of the molecule is O=C(C1=CN(CCO)C=C(c2ccc(C(=O)c3ccc(C4=CN(CCO)C=C(C(=O)c5ccccc5)C4c4cc(Cl)ccc4Cl)cc3)cc2)C1c1cc(Cl)ccc1Cl)c1ccccc1. The van der Waals surface area contributed by atoms with Crippen molar-refractivity contribution in [2.75, 3.05) is 26.3 Å². The first-order valence-electron chi connectivity index (χ1n) is 20.5. The first-order valence-corrected chi connectivity index (χ1v) is 22.0.